The Morgan fingerprint density at radius 3 is 2.56 bits per heavy atom. The molecule has 0 heterocycles. The minimum atomic E-state index is 0.247. The van der Waals surface area contributed by atoms with Crippen LogP contribution in [-0.2, 0) is 0 Å². The lowest BCUT2D eigenvalue weighted by molar-refractivity contribution is -0.0408. The van der Waals surface area contributed by atoms with Gasteiger partial charge in [0.25, 0.3) is 0 Å². The standard InChI is InChI=1S/C33H55N3/c1-8-10-26-11-14-28-30-16-15-29(33(30,7)20-17-31(28)32(26,6)19-9-2)25(5)35-22-24(4)36(27-12-13-27)21-18-23(3)34/h8,10,23,27-31H,1,4,9,11-22,34H2,2-3,5-7H3/b26-10-,35-25?. The number of nitrogens with two attached hydrogens (primary N) is 1. The molecule has 0 saturated heterocycles. The molecule has 7 atom stereocenters. The van der Waals surface area contributed by atoms with Gasteiger partial charge in [-0.3, -0.25) is 4.99 Å². The molecule has 4 aliphatic carbocycles. The average molecular weight is 494 g/mol. The highest BCUT2D eigenvalue weighted by Gasteiger charge is 2.58. The third-order valence-electron chi connectivity index (χ3n) is 11.1. The predicted octanol–water partition coefficient (Wildman–Crippen LogP) is 7.93. The Labute approximate surface area is 222 Å². The van der Waals surface area contributed by atoms with Gasteiger partial charge in [0, 0.05) is 36.0 Å². The minimum absolute atomic E-state index is 0.247. The first-order valence-corrected chi connectivity index (χ1v) is 15.2. The van der Waals surface area contributed by atoms with Crippen molar-refractivity contribution in [3.05, 3.63) is 36.6 Å². The fraction of sp³-hybridized carbons (Fsp3) is 0.788. The van der Waals surface area contributed by atoms with Crippen LogP contribution in [0.15, 0.2) is 41.6 Å². The molecule has 4 fully saturated rings. The second-order valence-corrected chi connectivity index (χ2v) is 13.4. The zero-order valence-corrected chi connectivity index (χ0v) is 24.2. The molecule has 7 unspecified atom stereocenters. The van der Waals surface area contributed by atoms with Crippen LogP contribution in [0.3, 0.4) is 0 Å². The van der Waals surface area contributed by atoms with Crippen molar-refractivity contribution < 1.29 is 0 Å². The van der Waals surface area contributed by atoms with Crippen LogP contribution in [0.2, 0.25) is 0 Å². The Morgan fingerprint density at radius 2 is 1.92 bits per heavy atom. The van der Waals surface area contributed by atoms with Crippen molar-refractivity contribution in [2.75, 3.05) is 13.1 Å². The molecule has 0 aromatic rings. The molecule has 202 valence electrons. The van der Waals surface area contributed by atoms with Gasteiger partial charge in [-0.2, -0.15) is 0 Å². The summed E-state index contributed by atoms with van der Waals surface area (Å²) < 4.78 is 0. The zero-order valence-electron chi connectivity index (χ0n) is 24.2. The lowest BCUT2D eigenvalue weighted by Gasteiger charge is -2.57. The Morgan fingerprint density at radius 1 is 1.17 bits per heavy atom. The highest BCUT2D eigenvalue weighted by atomic mass is 15.2. The van der Waals surface area contributed by atoms with Gasteiger partial charge >= 0.3 is 0 Å². The Kier molecular flexibility index (Phi) is 8.59. The summed E-state index contributed by atoms with van der Waals surface area (Å²) in [6.45, 7) is 22.3. The van der Waals surface area contributed by atoms with Crippen molar-refractivity contribution in [2.45, 2.75) is 117 Å². The van der Waals surface area contributed by atoms with Crippen molar-refractivity contribution in [1.82, 2.24) is 4.90 Å². The third-order valence-corrected chi connectivity index (χ3v) is 11.1. The van der Waals surface area contributed by atoms with E-state index in [1.165, 1.54) is 75.6 Å². The number of allylic oxidation sites excluding steroid dienone is 3. The molecule has 2 N–H and O–H groups in total. The van der Waals surface area contributed by atoms with Gasteiger partial charge < -0.3 is 10.6 Å². The van der Waals surface area contributed by atoms with Crippen molar-refractivity contribution in [3.63, 3.8) is 0 Å². The topological polar surface area (TPSA) is 41.6 Å². The van der Waals surface area contributed by atoms with E-state index in [4.69, 9.17) is 10.7 Å². The van der Waals surface area contributed by atoms with Crippen LogP contribution in [0, 0.1) is 34.5 Å². The summed E-state index contributed by atoms with van der Waals surface area (Å²) in [4.78, 5) is 7.73. The van der Waals surface area contributed by atoms with Gasteiger partial charge in [0.05, 0.1) is 6.54 Å². The van der Waals surface area contributed by atoms with Crippen LogP contribution in [0.25, 0.3) is 0 Å². The lowest BCUT2D eigenvalue weighted by Crippen LogP contribution is -2.50. The van der Waals surface area contributed by atoms with Crippen LogP contribution in [0.4, 0.5) is 0 Å². The van der Waals surface area contributed by atoms with Crippen molar-refractivity contribution >= 4 is 5.71 Å². The first-order chi connectivity index (χ1) is 17.2. The van der Waals surface area contributed by atoms with E-state index in [0.717, 1.165) is 37.3 Å². The molecule has 0 aromatic heterocycles. The highest BCUT2D eigenvalue weighted by Crippen LogP contribution is 2.66. The Hall–Kier alpha value is -1.35. The third kappa shape index (κ3) is 5.29. The molecular formula is C33H55N3. The maximum atomic E-state index is 6.05. The molecule has 4 aliphatic rings. The van der Waals surface area contributed by atoms with E-state index < -0.39 is 0 Å². The van der Waals surface area contributed by atoms with Gasteiger partial charge in [0.2, 0.25) is 0 Å². The number of rotatable bonds is 11. The number of hydrogen-bond acceptors (Lipinski definition) is 3. The van der Waals surface area contributed by atoms with E-state index in [1.54, 1.807) is 5.57 Å². The fourth-order valence-corrected chi connectivity index (χ4v) is 9.04. The summed E-state index contributed by atoms with van der Waals surface area (Å²) in [5, 5.41) is 0. The van der Waals surface area contributed by atoms with Gasteiger partial charge in [-0.15, -0.1) is 0 Å². The van der Waals surface area contributed by atoms with E-state index in [1.807, 2.05) is 6.08 Å². The van der Waals surface area contributed by atoms with Crippen molar-refractivity contribution in [3.8, 4) is 0 Å². The van der Waals surface area contributed by atoms with Crippen LogP contribution in [0.1, 0.15) is 105 Å². The molecule has 0 aliphatic heterocycles. The van der Waals surface area contributed by atoms with E-state index in [0.29, 0.717) is 22.8 Å². The number of aliphatic imine (C=N–C) groups is 1. The molecule has 4 saturated carbocycles. The number of fused-ring (bicyclic) bond motifs is 3. The van der Waals surface area contributed by atoms with Crippen LogP contribution < -0.4 is 5.73 Å². The van der Waals surface area contributed by atoms with E-state index >= 15 is 0 Å². The predicted molar refractivity (Wildman–Crippen MR) is 156 cm³/mol. The first-order valence-electron chi connectivity index (χ1n) is 15.2. The summed E-state index contributed by atoms with van der Waals surface area (Å²) in [5.41, 5.74) is 11.1. The van der Waals surface area contributed by atoms with E-state index in [-0.39, 0.29) is 6.04 Å². The number of hydrogen-bond donors (Lipinski definition) is 1. The van der Waals surface area contributed by atoms with Crippen LogP contribution in [0.5, 0.6) is 0 Å². The molecule has 3 heteroatoms. The van der Waals surface area contributed by atoms with Gasteiger partial charge in [-0.05, 0) is 107 Å². The summed E-state index contributed by atoms with van der Waals surface area (Å²) in [7, 11) is 0. The molecule has 0 aromatic carbocycles. The fourth-order valence-electron chi connectivity index (χ4n) is 9.04. The normalized spacial score (nSPS) is 38.4. The largest absolute Gasteiger partial charge is 0.371 e. The minimum Gasteiger partial charge on any atom is -0.371 e. The lowest BCUT2D eigenvalue weighted by atomic mass is 9.47. The summed E-state index contributed by atoms with van der Waals surface area (Å²) in [5.74, 6) is 3.20. The second-order valence-electron chi connectivity index (χ2n) is 13.4. The highest BCUT2D eigenvalue weighted by molar-refractivity contribution is 5.85. The molecule has 0 radical (unpaired) electrons. The Bertz CT molecular complexity index is 864. The maximum Gasteiger partial charge on any atom is 0.0781 e. The van der Waals surface area contributed by atoms with Crippen molar-refractivity contribution in [1.29, 1.82) is 0 Å². The smallest absolute Gasteiger partial charge is 0.0781 e. The van der Waals surface area contributed by atoms with E-state index in [2.05, 4.69) is 58.8 Å². The molecule has 3 nitrogen and oxygen atoms in total. The van der Waals surface area contributed by atoms with Gasteiger partial charge in [0.15, 0.2) is 0 Å². The van der Waals surface area contributed by atoms with Gasteiger partial charge in [-0.25, -0.2) is 0 Å². The van der Waals surface area contributed by atoms with Crippen molar-refractivity contribution in [2.24, 2.45) is 45.2 Å². The summed E-state index contributed by atoms with van der Waals surface area (Å²) in [6.07, 6.45) is 18.7. The molecule has 4 rings (SSSR count). The molecule has 36 heavy (non-hydrogen) atoms. The molecule has 0 bridgehead atoms. The maximum absolute atomic E-state index is 6.05. The summed E-state index contributed by atoms with van der Waals surface area (Å²) in [6, 6.07) is 0.927. The average Bonchev–Trinajstić information content (AvgIpc) is 3.60. The van der Waals surface area contributed by atoms with Gasteiger partial charge in [0.1, 0.15) is 0 Å². The zero-order chi connectivity index (χ0) is 26.1. The van der Waals surface area contributed by atoms with Crippen LogP contribution in [-0.4, -0.2) is 35.8 Å². The molecule has 0 spiro atoms. The monoisotopic (exact) mass is 493 g/mol. The Balaban J connectivity index is 1.46. The quantitative estimate of drug-likeness (QED) is 0.297. The molecule has 0 amide bonds. The second kappa shape index (κ2) is 11.2. The van der Waals surface area contributed by atoms with Gasteiger partial charge in [-0.1, -0.05) is 58.1 Å². The first kappa shape index (κ1) is 27.7. The SMILES string of the molecule is C=C/C=C1/CCC2C(CCC3(C)C(C(C)=NCC(=C)N(CCC(C)N)C4CC4)CCC23)C1(C)CCC. The van der Waals surface area contributed by atoms with E-state index in [9.17, 15) is 0 Å². The molecular weight excluding hydrogens is 438 g/mol. The van der Waals surface area contributed by atoms with Crippen LogP contribution >= 0.6 is 0 Å². The number of nitrogens with zero attached hydrogens (tertiary/aromatic N) is 2. The summed E-state index contributed by atoms with van der Waals surface area (Å²) >= 11 is 0.